The first kappa shape index (κ1) is 18.2. The monoisotopic (exact) mass is 454 g/mol. The number of aromatic amines is 1. The van der Waals surface area contributed by atoms with E-state index in [9.17, 15) is 25.0 Å². The number of nitro groups is 2. The van der Waals surface area contributed by atoms with E-state index in [1.165, 1.54) is 18.5 Å². The molecule has 2 aromatic heterocycles. The second kappa shape index (κ2) is 7.96. The van der Waals surface area contributed by atoms with Crippen LogP contribution in [-0.2, 0) is 0 Å². The van der Waals surface area contributed by atoms with Crippen molar-refractivity contribution in [2.45, 2.75) is 0 Å². The van der Waals surface area contributed by atoms with Crippen LogP contribution in [0.4, 0.5) is 11.4 Å². The van der Waals surface area contributed by atoms with Gasteiger partial charge in [0.1, 0.15) is 0 Å². The van der Waals surface area contributed by atoms with Gasteiger partial charge in [0.15, 0.2) is 0 Å². The van der Waals surface area contributed by atoms with E-state index in [4.69, 9.17) is 11.6 Å². The van der Waals surface area contributed by atoms with E-state index in [1.807, 2.05) is 0 Å². The van der Waals surface area contributed by atoms with Crippen molar-refractivity contribution in [2.75, 3.05) is 0 Å². The molecule has 0 fully saturated rings. The third kappa shape index (κ3) is 5.16. The van der Waals surface area contributed by atoms with E-state index >= 15 is 0 Å². The van der Waals surface area contributed by atoms with Crippen LogP contribution in [0.25, 0.3) is 0 Å². The number of aromatic nitrogens is 2. The molecule has 0 saturated heterocycles. The number of hydrogen-bond acceptors (Lipinski definition) is 6. The predicted octanol–water partition coefficient (Wildman–Crippen LogP) is 3.45. The molecule has 22 heavy (non-hydrogen) atoms. The molecule has 0 amide bonds. The normalized spacial score (nSPS) is 9.59. The van der Waals surface area contributed by atoms with Crippen LogP contribution < -0.4 is 5.56 Å². The standard InChI is InChI=1S/C5H2BrClN2O2.C5H3BrN2O3/c6-3-1-4(9(10)11)5(7)8-2-3;6-3-1-4(8(10)11)5(9)7-2-3/h1-2H;1-2H,(H,7,9). The number of hydrogen-bond donors (Lipinski definition) is 1. The molecule has 12 heteroatoms. The zero-order chi connectivity index (χ0) is 16.9. The van der Waals surface area contributed by atoms with Gasteiger partial charge in [-0.15, -0.1) is 0 Å². The third-order valence-corrected chi connectivity index (χ3v) is 3.21. The van der Waals surface area contributed by atoms with Gasteiger partial charge in [0, 0.05) is 33.5 Å². The average Bonchev–Trinajstić information content (AvgIpc) is 2.44. The van der Waals surface area contributed by atoms with Crippen molar-refractivity contribution in [3.05, 3.63) is 69.2 Å². The summed E-state index contributed by atoms with van der Waals surface area (Å²) in [5.74, 6) is 0. The Morgan fingerprint density at radius 3 is 2.09 bits per heavy atom. The zero-order valence-electron chi connectivity index (χ0n) is 10.3. The van der Waals surface area contributed by atoms with Crippen molar-refractivity contribution in [3.63, 3.8) is 0 Å². The van der Waals surface area contributed by atoms with Crippen molar-refractivity contribution in [1.29, 1.82) is 0 Å². The molecule has 0 aliphatic carbocycles. The van der Waals surface area contributed by atoms with Crippen LogP contribution in [0, 0.1) is 20.2 Å². The van der Waals surface area contributed by atoms with Crippen molar-refractivity contribution >= 4 is 54.8 Å². The summed E-state index contributed by atoms with van der Waals surface area (Å²) in [5.41, 5.74) is -1.35. The average molecular weight is 456 g/mol. The molecule has 0 aliphatic rings. The summed E-state index contributed by atoms with van der Waals surface area (Å²) < 4.78 is 1.01. The largest absolute Gasteiger partial charge is 0.334 e. The Labute approximate surface area is 143 Å². The van der Waals surface area contributed by atoms with Crippen LogP contribution in [0.1, 0.15) is 0 Å². The third-order valence-electron chi connectivity index (χ3n) is 2.03. The van der Waals surface area contributed by atoms with E-state index in [-0.39, 0.29) is 10.8 Å². The molecule has 2 aromatic rings. The fourth-order valence-corrected chi connectivity index (χ4v) is 1.94. The molecule has 0 radical (unpaired) electrons. The fraction of sp³-hybridized carbons (Fsp3) is 0. The lowest BCUT2D eigenvalue weighted by Gasteiger charge is -1.93. The van der Waals surface area contributed by atoms with Gasteiger partial charge in [0.25, 0.3) is 0 Å². The van der Waals surface area contributed by atoms with E-state index < -0.39 is 21.1 Å². The smallest absolute Gasteiger partial charge is 0.322 e. The van der Waals surface area contributed by atoms with Crippen LogP contribution in [0.5, 0.6) is 0 Å². The Bertz CT molecular complexity index is 782. The molecule has 0 spiro atoms. The summed E-state index contributed by atoms with van der Waals surface area (Å²) in [6, 6.07) is 2.45. The van der Waals surface area contributed by atoms with Crippen LogP contribution in [-0.4, -0.2) is 19.8 Å². The Kier molecular flexibility index (Phi) is 6.59. The molecule has 0 bridgehead atoms. The van der Waals surface area contributed by atoms with Crippen molar-refractivity contribution in [2.24, 2.45) is 0 Å². The molecule has 116 valence electrons. The van der Waals surface area contributed by atoms with Gasteiger partial charge in [-0.3, -0.25) is 25.0 Å². The molecule has 0 unspecified atom stereocenters. The highest BCUT2D eigenvalue weighted by molar-refractivity contribution is 9.10. The number of halogens is 3. The maximum absolute atomic E-state index is 10.7. The zero-order valence-corrected chi connectivity index (χ0v) is 14.3. The van der Waals surface area contributed by atoms with Crippen molar-refractivity contribution < 1.29 is 9.85 Å². The summed E-state index contributed by atoms with van der Waals surface area (Å²) in [7, 11) is 0. The van der Waals surface area contributed by atoms with Gasteiger partial charge in [0.05, 0.1) is 9.85 Å². The van der Waals surface area contributed by atoms with Gasteiger partial charge in [0.2, 0.25) is 5.15 Å². The van der Waals surface area contributed by atoms with Gasteiger partial charge in [-0.05, 0) is 31.9 Å². The molecule has 2 rings (SSSR count). The quantitative estimate of drug-likeness (QED) is 0.418. The highest BCUT2D eigenvalue weighted by Gasteiger charge is 2.13. The first-order valence-corrected chi connectivity index (χ1v) is 7.17. The molecular formula is C10H5Br2ClN4O5. The molecule has 2 heterocycles. The highest BCUT2D eigenvalue weighted by Crippen LogP contribution is 2.24. The molecule has 0 saturated carbocycles. The Morgan fingerprint density at radius 1 is 1.09 bits per heavy atom. The summed E-state index contributed by atoms with van der Waals surface area (Å²) in [4.78, 5) is 35.5. The summed E-state index contributed by atoms with van der Waals surface area (Å²) >= 11 is 11.4. The van der Waals surface area contributed by atoms with E-state index in [1.54, 1.807) is 0 Å². The number of H-pyrrole nitrogens is 1. The number of pyridine rings is 2. The molecule has 0 atom stereocenters. The van der Waals surface area contributed by atoms with Gasteiger partial charge >= 0.3 is 16.9 Å². The predicted molar refractivity (Wildman–Crippen MR) is 85.0 cm³/mol. The maximum Gasteiger partial charge on any atom is 0.334 e. The first-order valence-electron chi connectivity index (χ1n) is 5.20. The Balaban J connectivity index is 0.000000220. The van der Waals surface area contributed by atoms with Crippen LogP contribution in [0.3, 0.4) is 0 Å². The topological polar surface area (TPSA) is 132 Å². The second-order valence-electron chi connectivity index (χ2n) is 3.51. The van der Waals surface area contributed by atoms with Gasteiger partial charge in [-0.1, -0.05) is 11.6 Å². The molecule has 0 aliphatic heterocycles. The highest BCUT2D eigenvalue weighted by atomic mass is 79.9. The lowest BCUT2D eigenvalue weighted by atomic mass is 10.4. The van der Waals surface area contributed by atoms with Crippen molar-refractivity contribution in [1.82, 2.24) is 9.97 Å². The van der Waals surface area contributed by atoms with Gasteiger partial charge < -0.3 is 4.98 Å². The minimum absolute atomic E-state index is 0.0989. The van der Waals surface area contributed by atoms with E-state index in [0.717, 1.165) is 6.07 Å². The van der Waals surface area contributed by atoms with Gasteiger partial charge in [-0.2, -0.15) is 0 Å². The minimum Gasteiger partial charge on any atom is -0.322 e. The van der Waals surface area contributed by atoms with Crippen molar-refractivity contribution in [3.8, 4) is 0 Å². The van der Waals surface area contributed by atoms with E-state index in [2.05, 4.69) is 41.8 Å². The molecule has 1 N–H and O–H groups in total. The van der Waals surface area contributed by atoms with Crippen LogP contribution >= 0.6 is 43.5 Å². The lowest BCUT2D eigenvalue weighted by molar-refractivity contribution is -0.386. The lowest BCUT2D eigenvalue weighted by Crippen LogP contribution is -2.09. The SMILES string of the molecule is O=[N+]([O-])c1cc(Br)cnc1Cl.O=c1[nH]cc(Br)cc1[N+](=O)[O-]. The number of nitrogens with one attached hydrogen (secondary N) is 1. The number of rotatable bonds is 2. The maximum atomic E-state index is 10.7. The Hall–Kier alpha value is -1.85. The Morgan fingerprint density at radius 2 is 1.64 bits per heavy atom. The molecular weight excluding hydrogens is 451 g/mol. The summed E-state index contributed by atoms with van der Waals surface area (Å²) in [6.45, 7) is 0. The first-order chi connectivity index (χ1) is 10.2. The summed E-state index contributed by atoms with van der Waals surface area (Å²) in [6.07, 6.45) is 2.74. The fourth-order valence-electron chi connectivity index (χ4n) is 1.12. The van der Waals surface area contributed by atoms with Gasteiger partial charge in [-0.25, -0.2) is 4.98 Å². The van der Waals surface area contributed by atoms with E-state index in [0.29, 0.717) is 8.95 Å². The minimum atomic E-state index is -0.733. The second-order valence-corrected chi connectivity index (χ2v) is 5.70. The van der Waals surface area contributed by atoms with Crippen LogP contribution in [0.2, 0.25) is 5.15 Å². The molecule has 9 nitrogen and oxygen atoms in total. The summed E-state index contributed by atoms with van der Waals surface area (Å²) in [5, 5.41) is 20.3. The number of nitrogens with zero attached hydrogens (tertiary/aromatic N) is 3. The molecule has 0 aromatic carbocycles. The van der Waals surface area contributed by atoms with Crippen LogP contribution in [0.15, 0.2) is 38.3 Å².